The second-order valence-corrected chi connectivity index (χ2v) is 4.89. The number of methoxy groups -OCH3 is 1. The van der Waals surface area contributed by atoms with Gasteiger partial charge >= 0.3 is 0 Å². The maximum Gasteiger partial charge on any atom is 0.227 e. The average molecular weight is 263 g/mol. The van der Waals surface area contributed by atoms with E-state index < -0.39 is 0 Å². The van der Waals surface area contributed by atoms with Crippen LogP contribution in [0.25, 0.3) is 0 Å². The molecule has 2 rings (SSSR count). The Hall–Kier alpha value is -1.55. The lowest BCUT2D eigenvalue weighted by molar-refractivity contribution is -0.143. The minimum atomic E-state index is 0.0929. The predicted octanol–water partition coefficient (Wildman–Crippen LogP) is 1.87. The first-order valence-electron chi connectivity index (χ1n) is 6.66. The molecule has 0 aliphatic carbocycles. The molecule has 0 N–H and O–H groups in total. The van der Waals surface area contributed by atoms with Crippen LogP contribution in [-0.4, -0.2) is 43.2 Å². The molecular weight excluding hydrogens is 242 g/mol. The molecule has 1 heterocycles. The van der Waals surface area contributed by atoms with Crippen LogP contribution in [-0.2, 0) is 16.0 Å². The number of carbonyl (C=O) groups is 1. The quantitative estimate of drug-likeness (QED) is 0.835. The Morgan fingerprint density at radius 2 is 2.16 bits per heavy atom. The summed E-state index contributed by atoms with van der Waals surface area (Å²) < 4.78 is 10.8. The number of rotatable bonds is 3. The molecule has 1 aliphatic heterocycles. The first-order chi connectivity index (χ1) is 9.13. The van der Waals surface area contributed by atoms with Crippen molar-refractivity contribution in [3.05, 3.63) is 29.8 Å². The zero-order chi connectivity index (χ0) is 13.8. The molecule has 2 atom stereocenters. The molecular formula is C15H21NO3. The zero-order valence-electron chi connectivity index (χ0n) is 11.8. The van der Waals surface area contributed by atoms with Crippen LogP contribution in [0.3, 0.4) is 0 Å². The van der Waals surface area contributed by atoms with Gasteiger partial charge in [-0.05, 0) is 19.9 Å². The highest BCUT2D eigenvalue weighted by Crippen LogP contribution is 2.20. The van der Waals surface area contributed by atoms with E-state index in [1.165, 1.54) is 0 Å². The third-order valence-corrected chi connectivity index (χ3v) is 3.74. The summed E-state index contributed by atoms with van der Waals surface area (Å²) in [5.41, 5.74) is 0.932. The monoisotopic (exact) mass is 263 g/mol. The van der Waals surface area contributed by atoms with Crippen LogP contribution >= 0.6 is 0 Å². The van der Waals surface area contributed by atoms with Gasteiger partial charge in [-0.1, -0.05) is 18.2 Å². The SMILES string of the molecule is COc1ccccc1CC(=O)N1CCOC(C)C1C. The van der Waals surface area contributed by atoms with Gasteiger partial charge in [0.25, 0.3) is 0 Å². The highest BCUT2D eigenvalue weighted by atomic mass is 16.5. The number of nitrogens with zero attached hydrogens (tertiary/aromatic N) is 1. The Labute approximate surface area is 114 Å². The Bertz CT molecular complexity index is 447. The zero-order valence-corrected chi connectivity index (χ0v) is 11.8. The summed E-state index contributed by atoms with van der Waals surface area (Å²) in [4.78, 5) is 14.3. The van der Waals surface area contributed by atoms with Crippen molar-refractivity contribution in [2.45, 2.75) is 32.4 Å². The largest absolute Gasteiger partial charge is 0.496 e. The van der Waals surface area contributed by atoms with Gasteiger partial charge in [-0.2, -0.15) is 0 Å². The molecule has 4 heteroatoms. The summed E-state index contributed by atoms with van der Waals surface area (Å²) in [6.45, 7) is 5.32. The molecule has 1 fully saturated rings. The summed E-state index contributed by atoms with van der Waals surface area (Å²) in [5.74, 6) is 0.900. The van der Waals surface area contributed by atoms with Crippen molar-refractivity contribution in [3.63, 3.8) is 0 Å². The van der Waals surface area contributed by atoms with Crippen molar-refractivity contribution in [3.8, 4) is 5.75 Å². The van der Waals surface area contributed by atoms with Crippen molar-refractivity contribution in [2.75, 3.05) is 20.3 Å². The van der Waals surface area contributed by atoms with Crippen molar-refractivity contribution in [1.82, 2.24) is 4.90 Å². The minimum absolute atomic E-state index is 0.0929. The Morgan fingerprint density at radius 1 is 1.42 bits per heavy atom. The molecule has 1 amide bonds. The molecule has 0 aromatic heterocycles. The number of hydrogen-bond acceptors (Lipinski definition) is 3. The summed E-state index contributed by atoms with van der Waals surface area (Å²) in [5, 5.41) is 0. The summed E-state index contributed by atoms with van der Waals surface area (Å²) in [6.07, 6.45) is 0.469. The number of benzene rings is 1. The van der Waals surface area contributed by atoms with E-state index in [9.17, 15) is 4.79 Å². The van der Waals surface area contributed by atoms with Crippen LogP contribution in [0.2, 0.25) is 0 Å². The second kappa shape index (κ2) is 6.06. The molecule has 104 valence electrons. The van der Waals surface area contributed by atoms with Crippen LogP contribution in [0.15, 0.2) is 24.3 Å². The average Bonchev–Trinajstić information content (AvgIpc) is 2.42. The molecule has 0 bridgehead atoms. The maximum atomic E-state index is 12.4. The van der Waals surface area contributed by atoms with Crippen molar-refractivity contribution in [1.29, 1.82) is 0 Å². The maximum absolute atomic E-state index is 12.4. The van der Waals surface area contributed by atoms with E-state index in [1.807, 2.05) is 43.0 Å². The van der Waals surface area contributed by atoms with Crippen LogP contribution < -0.4 is 4.74 Å². The molecule has 0 spiro atoms. The molecule has 0 radical (unpaired) electrons. The molecule has 1 aromatic rings. The van der Waals surface area contributed by atoms with E-state index in [-0.39, 0.29) is 18.1 Å². The van der Waals surface area contributed by atoms with Gasteiger partial charge in [-0.25, -0.2) is 0 Å². The fourth-order valence-electron chi connectivity index (χ4n) is 2.40. The fraction of sp³-hybridized carbons (Fsp3) is 0.533. The molecule has 2 unspecified atom stereocenters. The lowest BCUT2D eigenvalue weighted by atomic mass is 10.1. The summed E-state index contributed by atoms with van der Waals surface area (Å²) >= 11 is 0. The highest BCUT2D eigenvalue weighted by molar-refractivity contribution is 5.80. The minimum Gasteiger partial charge on any atom is -0.496 e. The molecule has 0 saturated carbocycles. The Balaban J connectivity index is 2.08. The lowest BCUT2D eigenvalue weighted by Crippen LogP contribution is -2.51. The standard InChI is InChI=1S/C15H21NO3/c1-11-12(2)19-9-8-16(11)15(17)10-13-6-4-5-7-14(13)18-3/h4-7,11-12H,8-10H2,1-3H3. The first kappa shape index (κ1) is 13.9. The fourth-order valence-corrected chi connectivity index (χ4v) is 2.40. The molecule has 1 aromatic carbocycles. The number of para-hydroxylation sites is 1. The summed E-state index contributed by atoms with van der Waals surface area (Å²) in [7, 11) is 1.63. The normalized spacial score (nSPS) is 23.2. The van der Waals surface area contributed by atoms with Gasteiger partial charge in [-0.3, -0.25) is 4.79 Å². The molecule has 19 heavy (non-hydrogen) atoms. The van der Waals surface area contributed by atoms with Crippen LogP contribution in [0.4, 0.5) is 0 Å². The van der Waals surface area contributed by atoms with Gasteiger partial charge in [0.05, 0.1) is 32.3 Å². The second-order valence-electron chi connectivity index (χ2n) is 4.89. The molecule has 1 saturated heterocycles. The van der Waals surface area contributed by atoms with Gasteiger partial charge in [0, 0.05) is 12.1 Å². The van der Waals surface area contributed by atoms with Gasteiger partial charge in [0.1, 0.15) is 5.75 Å². The van der Waals surface area contributed by atoms with Crippen molar-refractivity contribution in [2.24, 2.45) is 0 Å². The van der Waals surface area contributed by atoms with Crippen molar-refractivity contribution >= 4 is 5.91 Å². The number of carbonyl (C=O) groups excluding carboxylic acids is 1. The third-order valence-electron chi connectivity index (χ3n) is 3.74. The molecule has 1 aliphatic rings. The van der Waals surface area contributed by atoms with Gasteiger partial charge in [-0.15, -0.1) is 0 Å². The topological polar surface area (TPSA) is 38.8 Å². The first-order valence-corrected chi connectivity index (χ1v) is 6.66. The van der Waals surface area contributed by atoms with Gasteiger partial charge in [0.15, 0.2) is 0 Å². The van der Waals surface area contributed by atoms with E-state index in [4.69, 9.17) is 9.47 Å². The van der Waals surface area contributed by atoms with Gasteiger partial charge in [0.2, 0.25) is 5.91 Å². The predicted molar refractivity (Wildman–Crippen MR) is 73.3 cm³/mol. The summed E-state index contributed by atoms with van der Waals surface area (Å²) in [6, 6.07) is 7.78. The third kappa shape index (κ3) is 3.07. The number of hydrogen-bond donors (Lipinski definition) is 0. The number of amides is 1. The van der Waals surface area contributed by atoms with Crippen LogP contribution in [0.1, 0.15) is 19.4 Å². The highest BCUT2D eigenvalue weighted by Gasteiger charge is 2.29. The van der Waals surface area contributed by atoms with Crippen LogP contribution in [0.5, 0.6) is 5.75 Å². The Morgan fingerprint density at radius 3 is 2.89 bits per heavy atom. The van der Waals surface area contributed by atoms with Gasteiger partial charge < -0.3 is 14.4 Å². The van der Waals surface area contributed by atoms with E-state index in [0.717, 1.165) is 11.3 Å². The number of morpholine rings is 1. The van der Waals surface area contributed by atoms with E-state index in [2.05, 4.69) is 0 Å². The van der Waals surface area contributed by atoms with E-state index >= 15 is 0 Å². The van der Waals surface area contributed by atoms with E-state index in [1.54, 1.807) is 7.11 Å². The Kier molecular flexibility index (Phi) is 4.43. The van der Waals surface area contributed by atoms with Crippen molar-refractivity contribution < 1.29 is 14.3 Å². The lowest BCUT2D eigenvalue weighted by Gasteiger charge is -2.38. The van der Waals surface area contributed by atoms with Crippen LogP contribution in [0, 0.1) is 0 Å². The number of ether oxygens (including phenoxy) is 2. The molecule has 4 nitrogen and oxygen atoms in total. The smallest absolute Gasteiger partial charge is 0.227 e. The van der Waals surface area contributed by atoms with E-state index in [0.29, 0.717) is 19.6 Å².